The third-order valence-corrected chi connectivity index (χ3v) is 4.88. The number of thiazole rings is 1. The van der Waals surface area contributed by atoms with Gasteiger partial charge in [0.2, 0.25) is 0 Å². The molecule has 1 aromatic carbocycles. The highest BCUT2D eigenvalue weighted by molar-refractivity contribution is 7.15. The molecule has 3 rings (SSSR count). The summed E-state index contributed by atoms with van der Waals surface area (Å²) in [5.74, 6) is -0.274. The third-order valence-electron chi connectivity index (χ3n) is 3.24. The van der Waals surface area contributed by atoms with Gasteiger partial charge in [-0.3, -0.25) is 10.1 Å². The SMILES string of the molecule is O=C(Nc1nc2c(s1)CCCC2)c1cc(Cl)ccc1Cl. The number of amides is 1. The molecule has 3 nitrogen and oxygen atoms in total. The Morgan fingerprint density at radius 1 is 1.25 bits per heavy atom. The van der Waals surface area contributed by atoms with E-state index >= 15 is 0 Å². The van der Waals surface area contributed by atoms with Crippen LogP contribution in [0.15, 0.2) is 18.2 Å². The van der Waals surface area contributed by atoms with Crippen molar-refractivity contribution in [3.8, 4) is 0 Å². The van der Waals surface area contributed by atoms with Crippen molar-refractivity contribution in [2.45, 2.75) is 25.7 Å². The Kier molecular flexibility index (Phi) is 3.96. The van der Waals surface area contributed by atoms with E-state index in [0.717, 1.165) is 18.5 Å². The van der Waals surface area contributed by atoms with E-state index in [1.54, 1.807) is 29.5 Å². The van der Waals surface area contributed by atoms with E-state index in [1.807, 2.05) is 0 Å². The Bertz CT molecular complexity index is 646. The number of carbonyl (C=O) groups is 1. The summed E-state index contributed by atoms with van der Waals surface area (Å²) in [5, 5.41) is 4.31. The van der Waals surface area contributed by atoms with E-state index in [1.165, 1.54) is 17.7 Å². The minimum atomic E-state index is -0.274. The number of rotatable bonds is 2. The zero-order valence-electron chi connectivity index (χ0n) is 10.6. The number of aromatic nitrogens is 1. The Morgan fingerprint density at radius 3 is 2.85 bits per heavy atom. The number of anilines is 1. The summed E-state index contributed by atoms with van der Waals surface area (Å²) in [4.78, 5) is 18.0. The summed E-state index contributed by atoms with van der Waals surface area (Å²) >= 11 is 13.5. The number of fused-ring (bicyclic) bond motifs is 1. The first-order chi connectivity index (χ1) is 9.63. The van der Waals surface area contributed by atoms with Crippen molar-refractivity contribution in [2.24, 2.45) is 0 Å². The number of hydrogen-bond acceptors (Lipinski definition) is 3. The van der Waals surface area contributed by atoms with E-state index in [4.69, 9.17) is 23.2 Å². The number of benzene rings is 1. The monoisotopic (exact) mass is 326 g/mol. The highest BCUT2D eigenvalue weighted by Crippen LogP contribution is 2.30. The topological polar surface area (TPSA) is 42.0 Å². The molecular weight excluding hydrogens is 315 g/mol. The lowest BCUT2D eigenvalue weighted by molar-refractivity contribution is 0.102. The predicted molar refractivity (Wildman–Crippen MR) is 83.2 cm³/mol. The second-order valence-corrected chi connectivity index (χ2v) is 6.60. The quantitative estimate of drug-likeness (QED) is 0.877. The second-order valence-electron chi connectivity index (χ2n) is 4.67. The molecule has 1 aliphatic rings. The first-order valence-electron chi connectivity index (χ1n) is 6.38. The zero-order valence-corrected chi connectivity index (χ0v) is 12.9. The van der Waals surface area contributed by atoms with Gasteiger partial charge in [0, 0.05) is 9.90 Å². The van der Waals surface area contributed by atoms with Crippen molar-refractivity contribution in [2.75, 3.05) is 5.32 Å². The molecule has 0 spiro atoms. The van der Waals surface area contributed by atoms with Gasteiger partial charge in [-0.2, -0.15) is 0 Å². The molecule has 1 amide bonds. The maximum atomic E-state index is 12.2. The maximum absolute atomic E-state index is 12.2. The Morgan fingerprint density at radius 2 is 2.05 bits per heavy atom. The van der Waals surface area contributed by atoms with Crippen LogP contribution in [0.2, 0.25) is 10.0 Å². The van der Waals surface area contributed by atoms with Crippen molar-refractivity contribution in [3.05, 3.63) is 44.4 Å². The van der Waals surface area contributed by atoms with E-state index in [2.05, 4.69) is 10.3 Å². The molecule has 1 aliphatic carbocycles. The van der Waals surface area contributed by atoms with Crippen LogP contribution < -0.4 is 5.32 Å². The molecule has 0 fully saturated rings. The zero-order chi connectivity index (χ0) is 14.1. The molecule has 6 heteroatoms. The Balaban J connectivity index is 1.82. The lowest BCUT2D eigenvalue weighted by atomic mass is 10.0. The number of aryl methyl sites for hydroxylation is 2. The molecule has 0 saturated heterocycles. The first-order valence-corrected chi connectivity index (χ1v) is 7.96. The van der Waals surface area contributed by atoms with Gasteiger partial charge in [-0.15, -0.1) is 11.3 Å². The number of hydrogen-bond donors (Lipinski definition) is 1. The van der Waals surface area contributed by atoms with Crippen LogP contribution >= 0.6 is 34.5 Å². The average Bonchev–Trinajstić information content (AvgIpc) is 2.83. The van der Waals surface area contributed by atoms with Gasteiger partial charge in [0.05, 0.1) is 16.3 Å². The fourth-order valence-corrected chi connectivity index (χ4v) is 3.66. The van der Waals surface area contributed by atoms with Crippen molar-refractivity contribution < 1.29 is 4.79 Å². The lowest BCUT2D eigenvalue weighted by Gasteiger charge is -2.06. The van der Waals surface area contributed by atoms with Crippen LogP contribution in [0, 0.1) is 0 Å². The first kappa shape index (κ1) is 13.9. The van der Waals surface area contributed by atoms with Crippen molar-refractivity contribution >= 4 is 45.6 Å². The second kappa shape index (κ2) is 5.72. The van der Waals surface area contributed by atoms with Crippen LogP contribution in [0.5, 0.6) is 0 Å². The van der Waals surface area contributed by atoms with Gasteiger partial charge in [0.25, 0.3) is 5.91 Å². The normalized spacial score (nSPS) is 13.9. The minimum absolute atomic E-state index is 0.274. The van der Waals surface area contributed by atoms with Crippen LogP contribution in [0.1, 0.15) is 33.8 Å². The van der Waals surface area contributed by atoms with Gasteiger partial charge in [-0.25, -0.2) is 4.98 Å². The smallest absolute Gasteiger partial charge is 0.259 e. The molecule has 0 bridgehead atoms. The van der Waals surface area contributed by atoms with Crippen LogP contribution in [-0.2, 0) is 12.8 Å². The van der Waals surface area contributed by atoms with Gasteiger partial charge in [0.15, 0.2) is 5.13 Å². The average molecular weight is 327 g/mol. The summed E-state index contributed by atoms with van der Waals surface area (Å²) < 4.78 is 0. The van der Waals surface area contributed by atoms with Crippen molar-refractivity contribution in [1.29, 1.82) is 0 Å². The minimum Gasteiger partial charge on any atom is -0.298 e. The van der Waals surface area contributed by atoms with Gasteiger partial charge in [-0.1, -0.05) is 23.2 Å². The third kappa shape index (κ3) is 2.82. The highest BCUT2D eigenvalue weighted by atomic mass is 35.5. The fraction of sp³-hybridized carbons (Fsp3) is 0.286. The summed E-state index contributed by atoms with van der Waals surface area (Å²) in [6.45, 7) is 0. The van der Waals surface area contributed by atoms with E-state index in [0.29, 0.717) is 20.7 Å². The number of nitrogens with one attached hydrogen (secondary N) is 1. The molecule has 104 valence electrons. The molecule has 0 aliphatic heterocycles. The number of nitrogens with zero attached hydrogens (tertiary/aromatic N) is 1. The highest BCUT2D eigenvalue weighted by Gasteiger charge is 2.18. The van der Waals surface area contributed by atoms with Crippen molar-refractivity contribution in [3.63, 3.8) is 0 Å². The predicted octanol–water partition coefficient (Wildman–Crippen LogP) is 4.58. The van der Waals surface area contributed by atoms with Gasteiger partial charge >= 0.3 is 0 Å². The summed E-state index contributed by atoms with van der Waals surface area (Å²) in [7, 11) is 0. The number of carbonyl (C=O) groups excluding carboxylic acids is 1. The molecule has 0 saturated carbocycles. The molecule has 0 unspecified atom stereocenters. The molecule has 1 N–H and O–H groups in total. The van der Waals surface area contributed by atoms with E-state index in [9.17, 15) is 4.79 Å². The Labute approximate surface area is 130 Å². The van der Waals surface area contributed by atoms with E-state index < -0.39 is 0 Å². The summed E-state index contributed by atoms with van der Waals surface area (Å²) in [6.07, 6.45) is 4.42. The molecule has 1 aromatic heterocycles. The molecule has 20 heavy (non-hydrogen) atoms. The summed E-state index contributed by atoms with van der Waals surface area (Å²) in [6, 6.07) is 4.83. The molecule has 2 aromatic rings. The van der Waals surface area contributed by atoms with E-state index in [-0.39, 0.29) is 5.91 Å². The van der Waals surface area contributed by atoms with Crippen LogP contribution in [0.4, 0.5) is 5.13 Å². The molecule has 0 atom stereocenters. The standard InChI is InChI=1S/C14H12Cl2N2OS/c15-8-5-6-10(16)9(7-8)13(19)18-14-17-11-3-1-2-4-12(11)20-14/h5-7H,1-4H2,(H,17,18,19). The van der Waals surface area contributed by atoms with Gasteiger partial charge in [0.1, 0.15) is 0 Å². The molecule has 0 radical (unpaired) electrons. The van der Waals surface area contributed by atoms with Crippen LogP contribution in [0.25, 0.3) is 0 Å². The number of halogens is 2. The molecular formula is C14H12Cl2N2OS. The summed E-state index contributed by atoms with van der Waals surface area (Å²) in [5.41, 5.74) is 1.49. The maximum Gasteiger partial charge on any atom is 0.259 e. The van der Waals surface area contributed by atoms with Gasteiger partial charge in [-0.05, 0) is 43.9 Å². The van der Waals surface area contributed by atoms with Gasteiger partial charge < -0.3 is 0 Å². The largest absolute Gasteiger partial charge is 0.298 e. The Hall–Kier alpha value is -1.10. The van der Waals surface area contributed by atoms with Crippen molar-refractivity contribution in [1.82, 2.24) is 4.98 Å². The van der Waals surface area contributed by atoms with Crippen LogP contribution in [0.3, 0.4) is 0 Å². The van der Waals surface area contributed by atoms with Crippen LogP contribution in [-0.4, -0.2) is 10.9 Å². The molecule has 1 heterocycles. The fourth-order valence-electron chi connectivity index (χ4n) is 2.24. The lowest BCUT2D eigenvalue weighted by Crippen LogP contribution is -2.12.